The van der Waals surface area contributed by atoms with E-state index in [4.69, 9.17) is 0 Å². The van der Waals surface area contributed by atoms with E-state index in [1.165, 1.54) is 18.3 Å². The monoisotopic (exact) mass is 333 g/mol. The van der Waals surface area contributed by atoms with Crippen molar-refractivity contribution < 1.29 is 9.18 Å². The van der Waals surface area contributed by atoms with Gasteiger partial charge < -0.3 is 5.32 Å². The molecule has 20 heavy (non-hydrogen) atoms. The van der Waals surface area contributed by atoms with Gasteiger partial charge in [0.25, 0.3) is 0 Å². The van der Waals surface area contributed by atoms with Crippen molar-refractivity contribution in [3.05, 3.63) is 76.2 Å². The van der Waals surface area contributed by atoms with E-state index in [2.05, 4.69) is 21.2 Å². The molecule has 102 valence electrons. The average Bonchev–Trinajstić information content (AvgIpc) is 2.42. The van der Waals surface area contributed by atoms with Crippen LogP contribution in [0.2, 0.25) is 0 Å². The second-order valence-electron chi connectivity index (χ2n) is 4.33. The molecule has 0 aliphatic heterocycles. The highest BCUT2D eigenvalue weighted by Gasteiger charge is 2.02. The topological polar surface area (TPSA) is 29.1 Å². The summed E-state index contributed by atoms with van der Waals surface area (Å²) in [5.74, 6) is -0.512. The Hall–Kier alpha value is -1.94. The van der Waals surface area contributed by atoms with Gasteiger partial charge >= 0.3 is 0 Å². The SMILES string of the molecule is Cc1ccc(C(=O)C=CNc2ccc(Br)cc2F)cc1. The molecule has 0 aromatic heterocycles. The van der Waals surface area contributed by atoms with Gasteiger partial charge in [-0.15, -0.1) is 0 Å². The fraction of sp³-hybridized carbons (Fsp3) is 0.0625. The van der Waals surface area contributed by atoms with E-state index in [-0.39, 0.29) is 11.6 Å². The first kappa shape index (κ1) is 14.5. The minimum Gasteiger partial charge on any atom is -0.359 e. The fourth-order valence-corrected chi connectivity index (χ4v) is 1.96. The molecule has 0 bridgehead atoms. The summed E-state index contributed by atoms with van der Waals surface area (Å²) < 4.78 is 14.2. The molecule has 0 aliphatic carbocycles. The van der Waals surface area contributed by atoms with Gasteiger partial charge in [-0.3, -0.25) is 4.79 Å². The maximum Gasteiger partial charge on any atom is 0.187 e. The van der Waals surface area contributed by atoms with Crippen LogP contribution in [-0.4, -0.2) is 5.78 Å². The van der Waals surface area contributed by atoms with Crippen molar-refractivity contribution in [3.63, 3.8) is 0 Å². The molecule has 1 N–H and O–H groups in total. The largest absolute Gasteiger partial charge is 0.359 e. The average molecular weight is 334 g/mol. The molecule has 0 amide bonds. The first-order valence-electron chi connectivity index (χ1n) is 6.05. The van der Waals surface area contributed by atoms with E-state index >= 15 is 0 Å². The highest BCUT2D eigenvalue weighted by Crippen LogP contribution is 2.19. The quantitative estimate of drug-likeness (QED) is 0.648. The number of carbonyl (C=O) groups is 1. The Kier molecular flexibility index (Phi) is 4.69. The van der Waals surface area contributed by atoms with E-state index in [0.29, 0.717) is 15.7 Å². The minimum atomic E-state index is -0.383. The smallest absolute Gasteiger partial charge is 0.187 e. The number of ketones is 1. The van der Waals surface area contributed by atoms with Crippen molar-refractivity contribution in [1.29, 1.82) is 0 Å². The molecular weight excluding hydrogens is 321 g/mol. The van der Waals surface area contributed by atoms with Gasteiger partial charge in [0.05, 0.1) is 5.69 Å². The Balaban J connectivity index is 2.02. The van der Waals surface area contributed by atoms with E-state index in [0.717, 1.165) is 5.56 Å². The maximum absolute atomic E-state index is 13.5. The van der Waals surface area contributed by atoms with Gasteiger partial charge in [-0.2, -0.15) is 0 Å². The van der Waals surface area contributed by atoms with Crippen molar-refractivity contribution in [2.75, 3.05) is 5.32 Å². The second kappa shape index (κ2) is 6.48. The molecule has 0 radical (unpaired) electrons. The number of rotatable bonds is 4. The van der Waals surface area contributed by atoms with Crippen LogP contribution in [-0.2, 0) is 0 Å². The molecular formula is C16H13BrFNO. The predicted molar refractivity (Wildman–Crippen MR) is 82.4 cm³/mol. The number of benzene rings is 2. The van der Waals surface area contributed by atoms with Crippen LogP contribution in [0.5, 0.6) is 0 Å². The number of allylic oxidation sites excluding steroid dienone is 1. The zero-order valence-corrected chi connectivity index (χ0v) is 12.4. The van der Waals surface area contributed by atoms with Crippen LogP contribution in [0.4, 0.5) is 10.1 Å². The molecule has 0 saturated carbocycles. The molecule has 2 aromatic carbocycles. The molecule has 0 fully saturated rings. The number of carbonyl (C=O) groups excluding carboxylic acids is 1. The summed E-state index contributed by atoms with van der Waals surface area (Å²) in [7, 11) is 0. The summed E-state index contributed by atoms with van der Waals surface area (Å²) in [6.07, 6.45) is 2.82. The van der Waals surface area contributed by atoms with Crippen LogP contribution < -0.4 is 5.32 Å². The van der Waals surface area contributed by atoms with Gasteiger partial charge in [-0.1, -0.05) is 45.8 Å². The normalized spacial score (nSPS) is 10.8. The summed E-state index contributed by atoms with van der Waals surface area (Å²) in [6, 6.07) is 12.0. The third-order valence-electron chi connectivity index (χ3n) is 2.74. The minimum absolute atomic E-state index is 0.130. The Morgan fingerprint density at radius 1 is 1.20 bits per heavy atom. The number of hydrogen-bond acceptors (Lipinski definition) is 2. The molecule has 2 aromatic rings. The molecule has 0 saturated heterocycles. The summed E-state index contributed by atoms with van der Waals surface area (Å²) in [6.45, 7) is 1.96. The van der Waals surface area contributed by atoms with Crippen molar-refractivity contribution in [1.82, 2.24) is 0 Å². The molecule has 0 atom stereocenters. The maximum atomic E-state index is 13.5. The Bertz CT molecular complexity index is 650. The third kappa shape index (κ3) is 3.78. The molecule has 0 spiro atoms. The van der Waals surface area contributed by atoms with Gasteiger partial charge in [-0.25, -0.2) is 4.39 Å². The van der Waals surface area contributed by atoms with Gasteiger partial charge in [0.15, 0.2) is 5.78 Å². The molecule has 0 unspecified atom stereocenters. The van der Waals surface area contributed by atoms with E-state index in [1.807, 2.05) is 19.1 Å². The highest BCUT2D eigenvalue weighted by molar-refractivity contribution is 9.10. The summed E-state index contributed by atoms with van der Waals surface area (Å²) in [5.41, 5.74) is 2.02. The van der Waals surface area contributed by atoms with Crippen LogP contribution in [0.3, 0.4) is 0 Å². The molecule has 0 aliphatic rings. The molecule has 2 nitrogen and oxygen atoms in total. The lowest BCUT2D eigenvalue weighted by Gasteiger charge is -2.02. The highest BCUT2D eigenvalue weighted by atomic mass is 79.9. The van der Waals surface area contributed by atoms with E-state index in [1.54, 1.807) is 24.3 Å². The molecule has 0 heterocycles. The lowest BCUT2D eigenvalue weighted by Crippen LogP contribution is -1.97. The lowest BCUT2D eigenvalue weighted by molar-refractivity contribution is 0.104. The van der Waals surface area contributed by atoms with Crippen molar-refractivity contribution >= 4 is 27.4 Å². The van der Waals surface area contributed by atoms with Crippen LogP contribution in [0, 0.1) is 12.7 Å². The van der Waals surface area contributed by atoms with E-state index in [9.17, 15) is 9.18 Å². The Morgan fingerprint density at radius 2 is 1.90 bits per heavy atom. The fourth-order valence-electron chi connectivity index (χ4n) is 1.63. The number of anilines is 1. The predicted octanol–water partition coefficient (Wildman–Crippen LogP) is 4.71. The van der Waals surface area contributed by atoms with Crippen molar-refractivity contribution in [2.24, 2.45) is 0 Å². The van der Waals surface area contributed by atoms with Crippen LogP contribution in [0.15, 0.2) is 59.2 Å². The zero-order valence-electron chi connectivity index (χ0n) is 10.9. The Morgan fingerprint density at radius 3 is 2.55 bits per heavy atom. The van der Waals surface area contributed by atoms with E-state index < -0.39 is 0 Å². The van der Waals surface area contributed by atoms with Crippen molar-refractivity contribution in [3.8, 4) is 0 Å². The van der Waals surface area contributed by atoms with Gasteiger partial charge in [-0.05, 0) is 25.1 Å². The zero-order chi connectivity index (χ0) is 14.5. The van der Waals surface area contributed by atoms with Crippen LogP contribution in [0.1, 0.15) is 15.9 Å². The van der Waals surface area contributed by atoms with Crippen molar-refractivity contribution in [2.45, 2.75) is 6.92 Å². The van der Waals surface area contributed by atoms with Gasteiger partial charge in [0.1, 0.15) is 5.82 Å². The Labute approximate surface area is 125 Å². The molecule has 2 rings (SSSR count). The summed E-state index contributed by atoms with van der Waals surface area (Å²) >= 11 is 3.18. The number of nitrogens with one attached hydrogen (secondary N) is 1. The molecule has 4 heteroatoms. The van der Waals surface area contributed by atoms with Gasteiger partial charge in [0, 0.05) is 22.3 Å². The summed E-state index contributed by atoms with van der Waals surface area (Å²) in [4.78, 5) is 11.9. The lowest BCUT2D eigenvalue weighted by atomic mass is 10.1. The van der Waals surface area contributed by atoms with Crippen LogP contribution >= 0.6 is 15.9 Å². The number of halogens is 2. The first-order chi connectivity index (χ1) is 9.56. The van der Waals surface area contributed by atoms with Crippen LogP contribution in [0.25, 0.3) is 0 Å². The van der Waals surface area contributed by atoms with Gasteiger partial charge in [0.2, 0.25) is 0 Å². The number of hydrogen-bond donors (Lipinski definition) is 1. The first-order valence-corrected chi connectivity index (χ1v) is 6.85. The third-order valence-corrected chi connectivity index (χ3v) is 3.23. The summed E-state index contributed by atoms with van der Waals surface area (Å²) in [5, 5.41) is 2.75. The number of aryl methyl sites for hydroxylation is 1. The standard InChI is InChI=1S/C16H13BrFNO/c1-11-2-4-12(5-3-11)16(20)8-9-19-15-7-6-13(17)10-14(15)18/h2-10,19H,1H3. The second-order valence-corrected chi connectivity index (χ2v) is 5.25.